The monoisotopic (exact) mass is 384 g/mol. The molecule has 0 radical (unpaired) electrons. The van der Waals surface area contributed by atoms with Crippen molar-refractivity contribution in [3.8, 4) is 6.07 Å². The van der Waals surface area contributed by atoms with E-state index in [2.05, 4.69) is 31.2 Å². The second-order valence-corrected chi connectivity index (χ2v) is 6.71. The summed E-state index contributed by atoms with van der Waals surface area (Å²) in [5.74, 6) is 0.698. The molecule has 1 saturated heterocycles. The molecule has 7 heteroatoms. The Hall–Kier alpha value is -3.92. The van der Waals surface area contributed by atoms with Gasteiger partial charge in [0.05, 0.1) is 23.5 Å². The first-order chi connectivity index (χ1) is 14.2. The number of pyridine rings is 2. The summed E-state index contributed by atoms with van der Waals surface area (Å²) < 4.78 is 0. The molecule has 1 amide bonds. The minimum Gasteiger partial charge on any atom is -0.367 e. The van der Waals surface area contributed by atoms with E-state index < -0.39 is 0 Å². The van der Waals surface area contributed by atoms with Crippen molar-refractivity contribution < 1.29 is 4.79 Å². The number of nitrogens with one attached hydrogen (secondary N) is 1. The van der Waals surface area contributed by atoms with Gasteiger partial charge in [0, 0.05) is 38.1 Å². The zero-order chi connectivity index (χ0) is 20.1. The third-order valence-corrected chi connectivity index (χ3v) is 4.85. The molecule has 1 fully saturated rings. The fourth-order valence-electron chi connectivity index (χ4n) is 3.30. The van der Waals surface area contributed by atoms with Crippen LogP contribution in [-0.4, -0.2) is 42.1 Å². The van der Waals surface area contributed by atoms with Crippen LogP contribution in [0, 0.1) is 11.3 Å². The van der Waals surface area contributed by atoms with Gasteiger partial charge in [-0.15, -0.1) is 0 Å². The molecule has 0 spiro atoms. The number of nitrogens with zero attached hydrogens (tertiary/aromatic N) is 5. The Labute approximate surface area is 169 Å². The highest BCUT2D eigenvalue weighted by molar-refractivity contribution is 6.03. The second kappa shape index (κ2) is 8.40. The number of hydrogen-bond acceptors (Lipinski definition) is 6. The number of anilines is 3. The lowest BCUT2D eigenvalue weighted by Gasteiger charge is -2.36. The van der Waals surface area contributed by atoms with Gasteiger partial charge < -0.3 is 15.1 Å². The highest BCUT2D eigenvalue weighted by Crippen LogP contribution is 2.19. The Kier molecular flexibility index (Phi) is 5.34. The second-order valence-electron chi connectivity index (χ2n) is 6.71. The minimum atomic E-state index is -0.299. The smallest absolute Gasteiger partial charge is 0.274 e. The van der Waals surface area contributed by atoms with Gasteiger partial charge in [0.2, 0.25) is 0 Å². The fraction of sp³-hybridized carbons (Fsp3) is 0.182. The van der Waals surface area contributed by atoms with Crippen LogP contribution in [0.3, 0.4) is 0 Å². The van der Waals surface area contributed by atoms with E-state index in [0.717, 1.165) is 37.7 Å². The number of carbonyl (C=O) groups is 1. The Morgan fingerprint density at radius 2 is 1.79 bits per heavy atom. The van der Waals surface area contributed by atoms with Crippen molar-refractivity contribution in [3.63, 3.8) is 0 Å². The van der Waals surface area contributed by atoms with Gasteiger partial charge in [-0.3, -0.25) is 4.79 Å². The first-order valence-electron chi connectivity index (χ1n) is 9.41. The molecule has 0 bridgehead atoms. The van der Waals surface area contributed by atoms with Crippen molar-refractivity contribution in [3.05, 3.63) is 78.2 Å². The maximum Gasteiger partial charge on any atom is 0.274 e. The summed E-state index contributed by atoms with van der Waals surface area (Å²) in [4.78, 5) is 25.7. The third-order valence-electron chi connectivity index (χ3n) is 4.85. The maximum atomic E-state index is 12.4. The lowest BCUT2D eigenvalue weighted by molar-refractivity contribution is 0.102. The molecule has 29 heavy (non-hydrogen) atoms. The Balaban J connectivity index is 1.37. The van der Waals surface area contributed by atoms with E-state index in [1.165, 1.54) is 0 Å². The van der Waals surface area contributed by atoms with E-state index >= 15 is 0 Å². The molecule has 144 valence electrons. The standard InChI is InChI=1S/C22H20N6O/c23-15-17-4-3-5-18(14-17)26-22(29)20-8-7-19(16-25-20)27-10-12-28(13-11-27)21-6-1-2-9-24-21/h1-9,14,16H,10-13H2,(H,26,29). The van der Waals surface area contributed by atoms with Crippen LogP contribution in [-0.2, 0) is 0 Å². The first kappa shape index (κ1) is 18.4. The molecule has 1 N–H and O–H groups in total. The van der Waals surface area contributed by atoms with Crippen molar-refractivity contribution in [1.29, 1.82) is 5.26 Å². The quantitative estimate of drug-likeness (QED) is 0.744. The van der Waals surface area contributed by atoms with E-state index in [4.69, 9.17) is 5.26 Å². The van der Waals surface area contributed by atoms with Crippen LogP contribution in [0.5, 0.6) is 0 Å². The molecule has 7 nitrogen and oxygen atoms in total. The molecule has 3 aromatic rings. The number of hydrogen-bond donors (Lipinski definition) is 1. The minimum absolute atomic E-state index is 0.299. The number of piperazine rings is 1. The largest absolute Gasteiger partial charge is 0.367 e. The summed E-state index contributed by atoms with van der Waals surface area (Å²) in [6.45, 7) is 3.50. The molecule has 0 aliphatic carbocycles. The van der Waals surface area contributed by atoms with Crippen LogP contribution in [0.25, 0.3) is 0 Å². The van der Waals surface area contributed by atoms with Crippen LogP contribution in [0.2, 0.25) is 0 Å². The van der Waals surface area contributed by atoms with E-state index in [9.17, 15) is 4.79 Å². The Morgan fingerprint density at radius 3 is 2.48 bits per heavy atom. The van der Waals surface area contributed by atoms with Gasteiger partial charge in [-0.25, -0.2) is 9.97 Å². The van der Waals surface area contributed by atoms with Crippen LogP contribution >= 0.6 is 0 Å². The van der Waals surface area contributed by atoms with Gasteiger partial charge in [-0.2, -0.15) is 5.26 Å². The van der Waals surface area contributed by atoms with Crippen LogP contribution in [0.1, 0.15) is 16.1 Å². The van der Waals surface area contributed by atoms with Crippen LogP contribution < -0.4 is 15.1 Å². The van der Waals surface area contributed by atoms with Crippen molar-refractivity contribution in [2.24, 2.45) is 0 Å². The average molecular weight is 384 g/mol. The topological polar surface area (TPSA) is 85.2 Å². The van der Waals surface area contributed by atoms with Gasteiger partial charge in [0.1, 0.15) is 11.5 Å². The SMILES string of the molecule is N#Cc1cccc(NC(=O)c2ccc(N3CCN(c4ccccn4)CC3)cn2)c1. The first-order valence-corrected chi connectivity index (χ1v) is 9.41. The summed E-state index contributed by atoms with van der Waals surface area (Å²) in [7, 11) is 0. The van der Waals surface area contributed by atoms with E-state index in [1.807, 2.05) is 30.5 Å². The zero-order valence-corrected chi connectivity index (χ0v) is 15.8. The normalized spacial score (nSPS) is 13.6. The molecular formula is C22H20N6O. The highest BCUT2D eigenvalue weighted by Gasteiger charge is 2.19. The van der Waals surface area contributed by atoms with Gasteiger partial charge in [-0.05, 0) is 42.5 Å². The molecular weight excluding hydrogens is 364 g/mol. The summed E-state index contributed by atoms with van der Waals surface area (Å²) in [5.41, 5.74) is 2.40. The lowest BCUT2D eigenvalue weighted by Crippen LogP contribution is -2.46. The summed E-state index contributed by atoms with van der Waals surface area (Å²) in [5, 5.41) is 11.7. The molecule has 1 aliphatic heterocycles. The van der Waals surface area contributed by atoms with E-state index in [1.54, 1.807) is 36.5 Å². The van der Waals surface area contributed by atoms with E-state index in [0.29, 0.717) is 16.9 Å². The number of benzene rings is 1. The number of nitriles is 1. The van der Waals surface area contributed by atoms with Crippen molar-refractivity contribution in [1.82, 2.24) is 9.97 Å². The van der Waals surface area contributed by atoms with E-state index in [-0.39, 0.29) is 5.91 Å². The molecule has 3 heterocycles. The number of rotatable bonds is 4. The number of amides is 1. The summed E-state index contributed by atoms with van der Waals surface area (Å²) >= 11 is 0. The van der Waals surface area contributed by atoms with Crippen molar-refractivity contribution in [2.75, 3.05) is 41.3 Å². The predicted molar refractivity (Wildman–Crippen MR) is 112 cm³/mol. The van der Waals surface area contributed by atoms with Crippen molar-refractivity contribution in [2.45, 2.75) is 0 Å². The fourth-order valence-corrected chi connectivity index (χ4v) is 3.30. The third kappa shape index (κ3) is 4.33. The summed E-state index contributed by atoms with van der Waals surface area (Å²) in [6.07, 6.45) is 3.54. The van der Waals surface area contributed by atoms with Gasteiger partial charge >= 0.3 is 0 Å². The van der Waals surface area contributed by atoms with Crippen LogP contribution in [0.15, 0.2) is 67.0 Å². The molecule has 0 unspecified atom stereocenters. The van der Waals surface area contributed by atoms with Gasteiger partial charge in [0.25, 0.3) is 5.91 Å². The van der Waals surface area contributed by atoms with Gasteiger partial charge in [0.15, 0.2) is 0 Å². The summed E-state index contributed by atoms with van der Waals surface area (Å²) in [6, 6.07) is 18.4. The zero-order valence-electron chi connectivity index (χ0n) is 15.8. The number of aromatic nitrogens is 2. The van der Waals surface area contributed by atoms with Gasteiger partial charge in [-0.1, -0.05) is 12.1 Å². The Morgan fingerprint density at radius 1 is 0.966 bits per heavy atom. The van der Waals surface area contributed by atoms with Crippen molar-refractivity contribution >= 4 is 23.1 Å². The molecule has 0 saturated carbocycles. The molecule has 4 rings (SSSR count). The predicted octanol–water partition coefficient (Wildman–Crippen LogP) is 2.93. The average Bonchev–Trinajstić information content (AvgIpc) is 2.80. The molecule has 1 aliphatic rings. The highest BCUT2D eigenvalue weighted by atomic mass is 16.1. The lowest BCUT2D eigenvalue weighted by atomic mass is 10.2. The molecule has 0 atom stereocenters. The maximum absolute atomic E-state index is 12.4. The molecule has 2 aromatic heterocycles. The molecule has 1 aromatic carbocycles. The van der Waals surface area contributed by atoms with Crippen LogP contribution in [0.4, 0.5) is 17.2 Å². The Bertz CT molecular complexity index is 1020. The number of carbonyl (C=O) groups excluding carboxylic acids is 1.